The maximum Gasteiger partial charge on any atom is 0.255 e. The van der Waals surface area contributed by atoms with E-state index < -0.39 is 0 Å². The van der Waals surface area contributed by atoms with Gasteiger partial charge in [-0.15, -0.1) is 0 Å². The van der Waals surface area contributed by atoms with E-state index in [1.807, 2.05) is 12.1 Å². The topological polar surface area (TPSA) is 52.5 Å². The zero-order valence-corrected chi connectivity index (χ0v) is 15.0. The Bertz CT molecular complexity index is 975. The fourth-order valence-electron chi connectivity index (χ4n) is 3.41. The Morgan fingerprint density at radius 1 is 1.08 bits per heavy atom. The fourth-order valence-corrected chi connectivity index (χ4v) is 3.41. The minimum atomic E-state index is -0.161. The number of carbonyl (C=O) groups is 1. The van der Waals surface area contributed by atoms with Gasteiger partial charge in [-0.05, 0) is 56.3 Å². The molecule has 0 atom stereocenters. The number of fused-ring (bicyclic) bond motifs is 2. The molecule has 1 N–H and O–H groups in total. The van der Waals surface area contributed by atoms with Crippen LogP contribution in [0.25, 0.3) is 10.9 Å². The number of amides is 1. The van der Waals surface area contributed by atoms with Gasteiger partial charge in [0.05, 0.1) is 13.2 Å². The van der Waals surface area contributed by atoms with Crippen molar-refractivity contribution in [2.45, 2.75) is 26.8 Å². The van der Waals surface area contributed by atoms with Gasteiger partial charge >= 0.3 is 0 Å². The lowest BCUT2D eigenvalue weighted by atomic mass is 10.1. The minimum absolute atomic E-state index is 0.161. The van der Waals surface area contributed by atoms with E-state index in [2.05, 4.69) is 35.9 Å². The molecule has 4 rings (SSSR count). The van der Waals surface area contributed by atoms with E-state index in [1.165, 1.54) is 11.2 Å². The highest BCUT2D eigenvalue weighted by molar-refractivity contribution is 6.05. The Kier molecular flexibility index (Phi) is 4.29. The summed E-state index contributed by atoms with van der Waals surface area (Å²) in [7, 11) is 0. The van der Waals surface area contributed by atoms with Gasteiger partial charge in [-0.1, -0.05) is 0 Å². The van der Waals surface area contributed by atoms with Crippen LogP contribution < -0.4 is 14.8 Å². The largest absolute Gasteiger partial charge is 0.490 e. The highest BCUT2D eigenvalue weighted by atomic mass is 16.5. The van der Waals surface area contributed by atoms with Gasteiger partial charge in [0.1, 0.15) is 0 Å². The van der Waals surface area contributed by atoms with E-state index in [1.54, 1.807) is 18.2 Å². The second-order valence-corrected chi connectivity index (χ2v) is 6.47. The molecular formula is C21H22N2O3. The molecule has 1 aromatic heterocycles. The van der Waals surface area contributed by atoms with Crippen LogP contribution in [0.5, 0.6) is 11.5 Å². The molecule has 5 heteroatoms. The van der Waals surface area contributed by atoms with Crippen LogP contribution in [0.1, 0.15) is 29.4 Å². The fraction of sp³-hybridized carbons (Fsp3) is 0.286. The van der Waals surface area contributed by atoms with E-state index in [0.717, 1.165) is 24.0 Å². The van der Waals surface area contributed by atoms with Crippen molar-refractivity contribution in [2.75, 3.05) is 18.5 Å². The van der Waals surface area contributed by atoms with E-state index in [4.69, 9.17) is 9.47 Å². The Morgan fingerprint density at radius 2 is 1.88 bits per heavy atom. The molecule has 1 aliphatic rings. The summed E-state index contributed by atoms with van der Waals surface area (Å²) in [5.74, 6) is 1.16. The third kappa shape index (κ3) is 3.01. The lowest BCUT2D eigenvalue weighted by Crippen LogP contribution is -2.12. The monoisotopic (exact) mass is 350 g/mol. The molecule has 1 aliphatic heterocycles. The van der Waals surface area contributed by atoms with Crippen LogP contribution in [-0.2, 0) is 6.54 Å². The third-order valence-corrected chi connectivity index (χ3v) is 4.69. The molecule has 26 heavy (non-hydrogen) atoms. The number of hydrogen-bond acceptors (Lipinski definition) is 3. The molecule has 0 saturated heterocycles. The number of nitrogens with zero attached hydrogens (tertiary/aromatic N) is 1. The number of carbonyl (C=O) groups excluding carboxylic acids is 1. The average Bonchev–Trinajstić information content (AvgIpc) is 2.80. The number of aromatic nitrogens is 1. The maximum atomic E-state index is 12.6. The van der Waals surface area contributed by atoms with Gasteiger partial charge in [0, 0.05) is 40.8 Å². The summed E-state index contributed by atoms with van der Waals surface area (Å²) in [6, 6.07) is 13.4. The maximum absolute atomic E-state index is 12.6. The van der Waals surface area contributed by atoms with E-state index >= 15 is 0 Å². The molecule has 0 fully saturated rings. The normalized spacial score (nSPS) is 13.5. The molecule has 0 saturated carbocycles. The Balaban J connectivity index is 1.58. The van der Waals surface area contributed by atoms with Gasteiger partial charge in [-0.25, -0.2) is 0 Å². The van der Waals surface area contributed by atoms with Crippen LogP contribution >= 0.6 is 0 Å². The third-order valence-electron chi connectivity index (χ3n) is 4.69. The smallest absolute Gasteiger partial charge is 0.255 e. The van der Waals surface area contributed by atoms with Crippen molar-refractivity contribution < 1.29 is 14.3 Å². The molecule has 0 radical (unpaired) electrons. The van der Waals surface area contributed by atoms with E-state index in [9.17, 15) is 4.79 Å². The summed E-state index contributed by atoms with van der Waals surface area (Å²) in [4.78, 5) is 12.6. The van der Waals surface area contributed by atoms with Crippen molar-refractivity contribution in [2.24, 2.45) is 0 Å². The van der Waals surface area contributed by atoms with Gasteiger partial charge in [0.25, 0.3) is 5.91 Å². The van der Waals surface area contributed by atoms with Crippen LogP contribution in [0, 0.1) is 6.92 Å². The summed E-state index contributed by atoms with van der Waals surface area (Å²) in [5, 5.41) is 4.10. The van der Waals surface area contributed by atoms with Crippen LogP contribution in [0.2, 0.25) is 0 Å². The molecule has 0 bridgehead atoms. The Morgan fingerprint density at radius 3 is 2.69 bits per heavy atom. The zero-order chi connectivity index (χ0) is 18.1. The number of hydrogen-bond donors (Lipinski definition) is 1. The second-order valence-electron chi connectivity index (χ2n) is 6.47. The molecule has 1 amide bonds. The van der Waals surface area contributed by atoms with Crippen molar-refractivity contribution in [1.29, 1.82) is 0 Å². The number of benzene rings is 2. The minimum Gasteiger partial charge on any atom is -0.490 e. The lowest BCUT2D eigenvalue weighted by Gasteiger charge is -2.10. The quantitative estimate of drug-likeness (QED) is 0.762. The highest BCUT2D eigenvalue weighted by Crippen LogP contribution is 2.31. The first-order chi connectivity index (χ1) is 12.7. The van der Waals surface area contributed by atoms with Crippen LogP contribution in [0.4, 0.5) is 5.69 Å². The number of anilines is 1. The molecule has 2 aromatic carbocycles. The number of aryl methyl sites for hydroxylation is 2. The standard InChI is InChI=1S/C21H22N2O3/c1-3-23-14(2)11-16-12-17(6-7-18(16)23)22-21(24)15-5-8-19-20(13-15)26-10-4-9-25-19/h5-8,11-13H,3-4,9-10H2,1-2H3,(H,22,24). The van der Waals surface area contributed by atoms with Crippen molar-refractivity contribution in [3.63, 3.8) is 0 Å². The van der Waals surface area contributed by atoms with Gasteiger partial charge in [0.15, 0.2) is 11.5 Å². The summed E-state index contributed by atoms with van der Waals surface area (Å²) < 4.78 is 13.5. The van der Waals surface area contributed by atoms with Crippen molar-refractivity contribution in [3.8, 4) is 11.5 Å². The predicted molar refractivity (Wildman–Crippen MR) is 102 cm³/mol. The van der Waals surface area contributed by atoms with Gasteiger partial charge < -0.3 is 19.4 Å². The summed E-state index contributed by atoms with van der Waals surface area (Å²) in [5.41, 5.74) is 3.73. The van der Waals surface area contributed by atoms with Crippen molar-refractivity contribution in [3.05, 3.63) is 53.7 Å². The highest BCUT2D eigenvalue weighted by Gasteiger charge is 2.15. The lowest BCUT2D eigenvalue weighted by molar-refractivity contribution is 0.102. The molecule has 2 heterocycles. The van der Waals surface area contributed by atoms with E-state index in [0.29, 0.717) is 30.3 Å². The van der Waals surface area contributed by atoms with Crippen LogP contribution in [0.15, 0.2) is 42.5 Å². The first-order valence-corrected chi connectivity index (χ1v) is 8.96. The number of ether oxygens (including phenoxy) is 2. The summed E-state index contributed by atoms with van der Waals surface area (Å²) in [6.45, 7) is 6.39. The SMILES string of the molecule is CCn1c(C)cc2cc(NC(=O)c3ccc4c(c3)OCCCO4)ccc21. The van der Waals surface area contributed by atoms with Crippen molar-refractivity contribution in [1.82, 2.24) is 4.57 Å². The average molecular weight is 350 g/mol. The first-order valence-electron chi connectivity index (χ1n) is 8.96. The predicted octanol–water partition coefficient (Wildman–Crippen LogP) is 4.38. The number of nitrogens with one attached hydrogen (secondary N) is 1. The first kappa shape index (κ1) is 16.5. The van der Waals surface area contributed by atoms with Gasteiger partial charge in [0.2, 0.25) is 0 Å². The van der Waals surface area contributed by atoms with Crippen molar-refractivity contribution >= 4 is 22.5 Å². The molecular weight excluding hydrogens is 328 g/mol. The van der Waals surface area contributed by atoms with E-state index in [-0.39, 0.29) is 5.91 Å². The molecule has 0 aliphatic carbocycles. The Labute approximate surface area is 152 Å². The zero-order valence-electron chi connectivity index (χ0n) is 15.0. The van der Waals surface area contributed by atoms with Gasteiger partial charge in [-0.3, -0.25) is 4.79 Å². The van der Waals surface area contributed by atoms with Crippen LogP contribution in [-0.4, -0.2) is 23.7 Å². The summed E-state index contributed by atoms with van der Waals surface area (Å²) in [6.07, 6.45) is 0.840. The molecule has 5 nitrogen and oxygen atoms in total. The summed E-state index contributed by atoms with van der Waals surface area (Å²) >= 11 is 0. The molecule has 0 unspecified atom stereocenters. The van der Waals surface area contributed by atoms with Gasteiger partial charge in [-0.2, -0.15) is 0 Å². The second kappa shape index (κ2) is 6.75. The molecule has 3 aromatic rings. The van der Waals surface area contributed by atoms with Crippen LogP contribution in [0.3, 0.4) is 0 Å². The number of rotatable bonds is 3. The molecule has 134 valence electrons. The molecule has 0 spiro atoms. The Hall–Kier alpha value is -2.95.